The predicted octanol–water partition coefficient (Wildman–Crippen LogP) is 5.83. The van der Waals surface area contributed by atoms with E-state index in [1.54, 1.807) is 34.0 Å². The quantitative estimate of drug-likeness (QED) is 0.219. The smallest absolute Gasteiger partial charge is 0.326 e. The summed E-state index contributed by atoms with van der Waals surface area (Å²) in [7, 11) is 0. The van der Waals surface area contributed by atoms with Gasteiger partial charge in [0.1, 0.15) is 11.8 Å². The number of phenols is 1. The number of pyridine rings is 1. The molecule has 0 unspecified atom stereocenters. The first-order valence-corrected chi connectivity index (χ1v) is 17.1. The number of piperidine rings is 2. The zero-order valence-corrected chi connectivity index (χ0v) is 28.4. The molecule has 0 saturated carbocycles. The number of aromatic nitrogens is 3. The van der Waals surface area contributed by atoms with E-state index in [-0.39, 0.29) is 35.8 Å². The first-order valence-electron chi connectivity index (χ1n) is 15.5. The van der Waals surface area contributed by atoms with Crippen LogP contribution in [0.3, 0.4) is 0 Å². The van der Waals surface area contributed by atoms with Crippen LogP contribution in [0.25, 0.3) is 11.3 Å². The van der Waals surface area contributed by atoms with Crippen LogP contribution in [0.1, 0.15) is 48.8 Å². The van der Waals surface area contributed by atoms with Crippen LogP contribution in [-0.2, 0) is 11.2 Å². The number of urea groups is 1. The number of phenolic OH excluding ortho intramolecular Hbond substituents is 1. The van der Waals surface area contributed by atoms with Crippen molar-refractivity contribution in [1.29, 1.82) is 0 Å². The zero-order valence-electron chi connectivity index (χ0n) is 25.2. The van der Waals surface area contributed by atoms with Crippen LogP contribution in [0.2, 0.25) is 0 Å². The second-order valence-electron chi connectivity index (χ2n) is 12.0. The third-order valence-corrected chi connectivity index (χ3v) is 10.3. The van der Waals surface area contributed by atoms with E-state index in [4.69, 9.17) is 0 Å². The summed E-state index contributed by atoms with van der Waals surface area (Å²) >= 11 is 6.77. The fraction of sp³-hybridized carbons (Fsp3) is 0.353. The van der Waals surface area contributed by atoms with Crippen molar-refractivity contribution in [3.8, 4) is 17.0 Å². The topological polar surface area (TPSA) is 124 Å². The van der Waals surface area contributed by atoms with Crippen LogP contribution in [0.4, 0.5) is 4.79 Å². The van der Waals surface area contributed by atoms with Gasteiger partial charge in [0.2, 0.25) is 5.91 Å². The van der Waals surface area contributed by atoms with E-state index in [1.165, 1.54) is 5.56 Å². The SMILES string of the molecule is O=C(N[C@H](Cc1cc(Br)c(O)c(Br)c1)C(=O)N1CCC(c2ccncc2)CC1)N1CCC(n2cc(-c3ccccc3)[nH]c2=O)CC1. The lowest BCUT2D eigenvalue weighted by atomic mass is 9.89. The highest BCUT2D eigenvalue weighted by molar-refractivity contribution is 9.11. The van der Waals surface area contributed by atoms with Gasteiger partial charge in [-0.3, -0.25) is 14.3 Å². The summed E-state index contributed by atoms with van der Waals surface area (Å²) < 4.78 is 2.75. The third kappa shape index (κ3) is 7.23. The highest BCUT2D eigenvalue weighted by Gasteiger charge is 2.33. The van der Waals surface area contributed by atoms with Crippen molar-refractivity contribution in [3.63, 3.8) is 0 Å². The van der Waals surface area contributed by atoms with Crippen LogP contribution in [0, 0.1) is 0 Å². The van der Waals surface area contributed by atoms with E-state index < -0.39 is 6.04 Å². The lowest BCUT2D eigenvalue weighted by Gasteiger charge is -2.36. The number of benzene rings is 2. The van der Waals surface area contributed by atoms with Crippen molar-refractivity contribution < 1.29 is 14.7 Å². The van der Waals surface area contributed by atoms with Crippen molar-refractivity contribution in [1.82, 2.24) is 29.7 Å². The van der Waals surface area contributed by atoms with Crippen LogP contribution < -0.4 is 11.0 Å². The molecular formula is C34H36Br2N6O4. The van der Waals surface area contributed by atoms with E-state index in [0.29, 0.717) is 53.9 Å². The van der Waals surface area contributed by atoms with E-state index in [2.05, 4.69) is 47.1 Å². The number of carbonyl (C=O) groups is 2. The number of imidazole rings is 1. The Morgan fingerprint density at radius 3 is 2.22 bits per heavy atom. The average Bonchev–Trinajstić information content (AvgIpc) is 3.48. The van der Waals surface area contributed by atoms with E-state index >= 15 is 0 Å². The van der Waals surface area contributed by atoms with Gasteiger partial charge in [-0.2, -0.15) is 0 Å². The summed E-state index contributed by atoms with van der Waals surface area (Å²) in [5.41, 5.74) is 3.57. The lowest BCUT2D eigenvalue weighted by molar-refractivity contribution is -0.134. The molecule has 4 heterocycles. The van der Waals surface area contributed by atoms with Crippen molar-refractivity contribution >= 4 is 43.8 Å². The summed E-state index contributed by atoms with van der Waals surface area (Å²) in [6, 6.07) is 16.2. The number of hydrogen-bond donors (Lipinski definition) is 3. The minimum Gasteiger partial charge on any atom is -0.506 e. The second kappa shape index (κ2) is 14.3. The van der Waals surface area contributed by atoms with E-state index in [9.17, 15) is 19.5 Å². The molecular weight excluding hydrogens is 716 g/mol. The van der Waals surface area contributed by atoms with Crippen molar-refractivity contribution in [2.75, 3.05) is 26.2 Å². The molecule has 4 aromatic rings. The third-order valence-electron chi connectivity index (χ3n) is 9.07. The number of carbonyl (C=O) groups excluding carboxylic acids is 2. The number of likely N-dealkylation sites (tertiary alicyclic amines) is 2. The van der Waals surface area contributed by atoms with E-state index in [0.717, 1.165) is 29.7 Å². The molecule has 1 atom stereocenters. The van der Waals surface area contributed by atoms with Gasteiger partial charge in [-0.1, -0.05) is 30.3 Å². The Hall–Kier alpha value is -3.90. The normalized spacial score (nSPS) is 16.7. The van der Waals surface area contributed by atoms with Crippen molar-refractivity contribution in [3.05, 3.63) is 104 Å². The van der Waals surface area contributed by atoms with Gasteiger partial charge in [0.05, 0.1) is 14.6 Å². The highest BCUT2D eigenvalue weighted by Crippen LogP contribution is 2.34. The van der Waals surface area contributed by atoms with Gasteiger partial charge in [0.25, 0.3) is 0 Å². The number of nitrogens with one attached hydrogen (secondary N) is 2. The molecule has 2 saturated heterocycles. The number of rotatable bonds is 7. The molecule has 0 spiro atoms. The molecule has 6 rings (SSSR count). The molecule has 3 amide bonds. The Kier molecular flexibility index (Phi) is 9.93. The average molecular weight is 753 g/mol. The zero-order chi connectivity index (χ0) is 32.2. The van der Waals surface area contributed by atoms with Crippen LogP contribution in [-0.4, -0.2) is 73.6 Å². The maximum atomic E-state index is 14.0. The molecule has 12 heteroatoms. The number of amides is 3. The van der Waals surface area contributed by atoms with Gasteiger partial charge in [-0.25, -0.2) is 9.59 Å². The summed E-state index contributed by atoms with van der Waals surface area (Å²) in [5.74, 6) is 0.319. The first kappa shape index (κ1) is 32.1. The van der Waals surface area contributed by atoms with Crippen LogP contribution in [0.15, 0.2) is 86.9 Å². The maximum absolute atomic E-state index is 14.0. The van der Waals surface area contributed by atoms with Gasteiger partial charge in [0, 0.05) is 57.2 Å². The van der Waals surface area contributed by atoms with Gasteiger partial charge in [0.15, 0.2) is 0 Å². The molecule has 2 fully saturated rings. The Labute approximate surface area is 284 Å². The fourth-order valence-corrected chi connectivity index (χ4v) is 7.77. The molecule has 10 nitrogen and oxygen atoms in total. The summed E-state index contributed by atoms with van der Waals surface area (Å²) in [5, 5.41) is 13.3. The minimum atomic E-state index is -0.785. The number of aromatic amines is 1. The van der Waals surface area contributed by atoms with E-state index in [1.807, 2.05) is 53.6 Å². The van der Waals surface area contributed by atoms with Crippen LogP contribution >= 0.6 is 31.9 Å². The van der Waals surface area contributed by atoms with Gasteiger partial charge < -0.3 is 25.2 Å². The molecule has 240 valence electrons. The summed E-state index contributed by atoms with van der Waals surface area (Å²) in [6.07, 6.45) is 8.65. The van der Waals surface area contributed by atoms with Crippen molar-refractivity contribution in [2.45, 2.75) is 50.1 Å². The number of hydrogen-bond acceptors (Lipinski definition) is 5. The Morgan fingerprint density at radius 1 is 0.935 bits per heavy atom. The minimum absolute atomic E-state index is 0.0314. The van der Waals surface area contributed by atoms with Gasteiger partial charge >= 0.3 is 11.7 Å². The van der Waals surface area contributed by atoms with Gasteiger partial charge in [-0.15, -0.1) is 0 Å². The Morgan fingerprint density at radius 2 is 1.57 bits per heavy atom. The second-order valence-corrected chi connectivity index (χ2v) is 13.7. The predicted molar refractivity (Wildman–Crippen MR) is 183 cm³/mol. The monoisotopic (exact) mass is 750 g/mol. The largest absolute Gasteiger partial charge is 0.506 e. The molecule has 3 N–H and O–H groups in total. The number of halogens is 2. The lowest BCUT2D eigenvalue weighted by Crippen LogP contribution is -2.55. The molecule has 2 aliphatic rings. The molecule has 0 radical (unpaired) electrons. The molecule has 0 bridgehead atoms. The van der Waals surface area contributed by atoms with Crippen LogP contribution in [0.5, 0.6) is 5.75 Å². The Bertz CT molecular complexity index is 1710. The van der Waals surface area contributed by atoms with Crippen molar-refractivity contribution in [2.24, 2.45) is 0 Å². The molecule has 2 aliphatic heterocycles. The maximum Gasteiger partial charge on any atom is 0.326 e. The molecule has 2 aromatic heterocycles. The Balaban J connectivity index is 1.12. The number of nitrogens with zero attached hydrogens (tertiary/aromatic N) is 4. The fourth-order valence-electron chi connectivity index (χ4n) is 6.49. The summed E-state index contributed by atoms with van der Waals surface area (Å²) in [4.78, 5) is 51.0. The standard InChI is InChI=1S/C34H36Br2N6O4/c35-27-18-22(19-28(36)31(27)43)20-29(32(44)40-14-8-24(9-15-40)23-6-12-37-13-7-23)38-33(45)41-16-10-26(11-17-41)42-21-30(39-34(42)46)25-4-2-1-3-5-25/h1-7,12-13,18-19,21,24,26,29,43H,8-11,14-17,20H2,(H,38,45)(H,39,46)/t29-/m1/s1. The molecule has 2 aromatic carbocycles. The summed E-state index contributed by atoms with van der Waals surface area (Å²) in [6.45, 7) is 2.12. The van der Waals surface area contributed by atoms with Gasteiger partial charge in [-0.05, 0) is 104 Å². The molecule has 0 aliphatic carbocycles. The molecule has 46 heavy (non-hydrogen) atoms. The highest BCUT2D eigenvalue weighted by atomic mass is 79.9. The first-order chi connectivity index (χ1) is 22.3. The number of aromatic hydroxyl groups is 1. The number of H-pyrrole nitrogens is 1.